The van der Waals surface area contributed by atoms with E-state index in [1.54, 1.807) is 13.2 Å². The molecule has 7 heteroatoms. The SMILES string of the molecule is COc1cc(C#CSI)ccc1-c1nnc(N)c2cc(F)ccc12. The van der Waals surface area contributed by atoms with Crippen molar-refractivity contribution in [3.8, 4) is 28.2 Å². The van der Waals surface area contributed by atoms with E-state index in [1.807, 2.05) is 18.2 Å². The quantitative estimate of drug-likeness (QED) is 0.462. The standard InChI is InChI=1S/C17H11FIN3OS/c1-23-15-8-10(6-7-24-19)2-4-13(15)16-12-5-3-11(18)9-14(12)17(20)22-21-16/h2-5,8-9H,1H3,(H2,20,22). The maximum absolute atomic E-state index is 13.5. The number of hydrogen-bond acceptors (Lipinski definition) is 5. The van der Waals surface area contributed by atoms with Gasteiger partial charge in [0.2, 0.25) is 0 Å². The normalized spacial score (nSPS) is 10.3. The average Bonchev–Trinajstić information content (AvgIpc) is 2.60. The molecule has 4 nitrogen and oxygen atoms in total. The minimum absolute atomic E-state index is 0.189. The summed E-state index contributed by atoms with van der Waals surface area (Å²) in [6.45, 7) is 0. The largest absolute Gasteiger partial charge is 0.496 e. The lowest BCUT2D eigenvalue weighted by Crippen LogP contribution is -1.99. The van der Waals surface area contributed by atoms with Crippen molar-refractivity contribution in [3.63, 3.8) is 0 Å². The first-order chi connectivity index (χ1) is 11.6. The molecule has 0 bridgehead atoms. The van der Waals surface area contributed by atoms with Crippen LogP contribution in [0.3, 0.4) is 0 Å². The van der Waals surface area contributed by atoms with Crippen molar-refractivity contribution >= 4 is 46.7 Å². The highest BCUT2D eigenvalue weighted by Crippen LogP contribution is 2.35. The summed E-state index contributed by atoms with van der Waals surface area (Å²) in [7, 11) is 2.99. The lowest BCUT2D eigenvalue weighted by atomic mass is 10.0. The van der Waals surface area contributed by atoms with E-state index in [1.165, 1.54) is 21.1 Å². The number of rotatable bonds is 2. The van der Waals surface area contributed by atoms with Gasteiger partial charge in [0, 0.05) is 43.1 Å². The zero-order valence-electron chi connectivity index (χ0n) is 12.5. The molecule has 3 aromatic rings. The summed E-state index contributed by atoms with van der Waals surface area (Å²) in [5.41, 5.74) is 7.99. The summed E-state index contributed by atoms with van der Waals surface area (Å²) in [4.78, 5) is 0. The molecule has 0 fully saturated rings. The first-order valence-corrected chi connectivity index (χ1v) is 10.2. The molecule has 3 rings (SSSR count). The number of anilines is 1. The summed E-state index contributed by atoms with van der Waals surface area (Å²) >= 11 is 2.11. The van der Waals surface area contributed by atoms with Crippen LogP contribution in [0.5, 0.6) is 5.75 Å². The Labute approximate surface area is 154 Å². The van der Waals surface area contributed by atoms with Gasteiger partial charge in [-0.25, -0.2) is 4.39 Å². The smallest absolute Gasteiger partial charge is 0.154 e. The third kappa shape index (κ3) is 3.25. The molecule has 1 heterocycles. The highest BCUT2D eigenvalue weighted by Gasteiger charge is 2.14. The maximum Gasteiger partial charge on any atom is 0.154 e. The van der Waals surface area contributed by atoms with Gasteiger partial charge < -0.3 is 10.5 Å². The van der Waals surface area contributed by atoms with Crippen LogP contribution in [0.15, 0.2) is 36.4 Å². The Hall–Kier alpha value is -2.05. The number of aromatic nitrogens is 2. The third-order valence-corrected chi connectivity index (χ3v) is 4.30. The molecule has 0 unspecified atom stereocenters. The van der Waals surface area contributed by atoms with Crippen molar-refractivity contribution < 1.29 is 9.13 Å². The van der Waals surface area contributed by atoms with Gasteiger partial charge >= 0.3 is 0 Å². The van der Waals surface area contributed by atoms with Crippen LogP contribution in [-0.2, 0) is 0 Å². The lowest BCUT2D eigenvalue weighted by Gasteiger charge is -2.11. The number of nitrogen functional groups attached to an aromatic ring is 1. The van der Waals surface area contributed by atoms with E-state index in [0.29, 0.717) is 22.2 Å². The second kappa shape index (κ2) is 7.23. The van der Waals surface area contributed by atoms with Crippen LogP contribution < -0.4 is 10.5 Å². The molecule has 0 atom stereocenters. The van der Waals surface area contributed by atoms with Crippen molar-refractivity contribution in [2.24, 2.45) is 0 Å². The van der Waals surface area contributed by atoms with Crippen LogP contribution in [-0.4, -0.2) is 17.3 Å². The molecule has 0 aliphatic heterocycles. The Bertz CT molecular complexity index is 985. The van der Waals surface area contributed by atoms with Gasteiger partial charge in [0.15, 0.2) is 5.82 Å². The van der Waals surface area contributed by atoms with Gasteiger partial charge in [-0.3, -0.25) is 0 Å². The number of nitrogens with two attached hydrogens (primary N) is 1. The van der Waals surface area contributed by atoms with Crippen molar-refractivity contribution in [1.82, 2.24) is 10.2 Å². The van der Waals surface area contributed by atoms with E-state index in [4.69, 9.17) is 10.5 Å². The lowest BCUT2D eigenvalue weighted by molar-refractivity contribution is 0.416. The maximum atomic E-state index is 13.5. The Morgan fingerprint density at radius 1 is 1.17 bits per heavy atom. The Balaban J connectivity index is 2.22. The Kier molecular flexibility index (Phi) is 5.06. The molecule has 0 aliphatic carbocycles. The van der Waals surface area contributed by atoms with Crippen LogP contribution in [0.2, 0.25) is 0 Å². The highest BCUT2D eigenvalue weighted by atomic mass is 127. The molecule has 0 saturated heterocycles. The molecular formula is C17H11FIN3OS. The zero-order chi connectivity index (χ0) is 17.1. The summed E-state index contributed by atoms with van der Waals surface area (Å²) in [5, 5.41) is 12.3. The van der Waals surface area contributed by atoms with Crippen molar-refractivity contribution in [2.45, 2.75) is 0 Å². The number of nitrogens with zero attached hydrogens (tertiary/aromatic N) is 2. The van der Waals surface area contributed by atoms with Gasteiger partial charge in [-0.05, 0) is 50.6 Å². The van der Waals surface area contributed by atoms with Crippen LogP contribution in [0.4, 0.5) is 10.2 Å². The fraction of sp³-hybridized carbons (Fsp3) is 0.0588. The van der Waals surface area contributed by atoms with E-state index in [0.717, 1.165) is 11.1 Å². The van der Waals surface area contributed by atoms with Gasteiger partial charge in [0.05, 0.1) is 7.11 Å². The van der Waals surface area contributed by atoms with E-state index < -0.39 is 0 Å². The molecule has 0 spiro atoms. The monoisotopic (exact) mass is 451 g/mol. The van der Waals surface area contributed by atoms with Crippen molar-refractivity contribution in [2.75, 3.05) is 12.8 Å². The van der Waals surface area contributed by atoms with Crippen LogP contribution in [0.25, 0.3) is 22.0 Å². The zero-order valence-corrected chi connectivity index (χ0v) is 15.5. The van der Waals surface area contributed by atoms with E-state index >= 15 is 0 Å². The summed E-state index contributed by atoms with van der Waals surface area (Å²) in [6.07, 6.45) is 0. The van der Waals surface area contributed by atoms with Crippen LogP contribution >= 0.6 is 30.1 Å². The van der Waals surface area contributed by atoms with Gasteiger partial charge in [-0.2, -0.15) is 0 Å². The van der Waals surface area contributed by atoms with Gasteiger partial charge in [0.1, 0.15) is 17.3 Å². The summed E-state index contributed by atoms with van der Waals surface area (Å²) < 4.78 is 19.0. The molecule has 0 amide bonds. The number of halogens is 2. The number of benzene rings is 2. The predicted octanol–water partition coefficient (Wildman–Crippen LogP) is 4.42. The van der Waals surface area contributed by atoms with Crippen LogP contribution in [0.1, 0.15) is 5.56 Å². The molecule has 24 heavy (non-hydrogen) atoms. The molecule has 1 aromatic heterocycles. The van der Waals surface area contributed by atoms with E-state index in [9.17, 15) is 4.39 Å². The molecule has 0 aliphatic rings. The average molecular weight is 451 g/mol. The number of methoxy groups -OCH3 is 1. The first kappa shape index (κ1) is 16.8. The van der Waals surface area contributed by atoms with Crippen LogP contribution in [0, 0.1) is 17.0 Å². The summed E-state index contributed by atoms with van der Waals surface area (Å²) in [6, 6.07) is 9.95. The fourth-order valence-electron chi connectivity index (χ4n) is 2.39. The predicted molar refractivity (Wildman–Crippen MR) is 104 cm³/mol. The second-order valence-electron chi connectivity index (χ2n) is 4.84. The fourth-order valence-corrected chi connectivity index (χ4v) is 2.87. The number of ether oxygens (including phenoxy) is 1. The van der Waals surface area contributed by atoms with E-state index in [2.05, 4.69) is 42.6 Å². The molecule has 2 N–H and O–H groups in total. The highest BCUT2D eigenvalue weighted by molar-refractivity contribution is 14.2. The van der Waals surface area contributed by atoms with Crippen molar-refractivity contribution in [3.05, 3.63) is 47.8 Å². The first-order valence-electron chi connectivity index (χ1n) is 6.82. The topological polar surface area (TPSA) is 61.0 Å². The van der Waals surface area contributed by atoms with E-state index in [-0.39, 0.29) is 11.6 Å². The Morgan fingerprint density at radius 3 is 2.75 bits per heavy atom. The van der Waals surface area contributed by atoms with Gasteiger partial charge in [-0.1, -0.05) is 5.92 Å². The second-order valence-corrected chi connectivity index (χ2v) is 6.52. The third-order valence-electron chi connectivity index (χ3n) is 3.46. The van der Waals surface area contributed by atoms with Crippen molar-refractivity contribution in [1.29, 1.82) is 0 Å². The molecule has 0 radical (unpaired) electrons. The number of hydrogen-bond donors (Lipinski definition) is 1. The number of fused-ring (bicyclic) bond motifs is 1. The molecular weight excluding hydrogens is 440 g/mol. The van der Waals surface area contributed by atoms with Gasteiger partial charge in [0.25, 0.3) is 0 Å². The molecule has 120 valence electrons. The Morgan fingerprint density at radius 2 is 2.00 bits per heavy atom. The minimum atomic E-state index is -0.373. The van der Waals surface area contributed by atoms with Gasteiger partial charge in [-0.15, -0.1) is 10.2 Å². The summed E-state index contributed by atoms with van der Waals surface area (Å²) in [5.74, 6) is 3.45. The minimum Gasteiger partial charge on any atom is -0.496 e. The molecule has 0 saturated carbocycles. The molecule has 2 aromatic carbocycles.